The summed E-state index contributed by atoms with van der Waals surface area (Å²) >= 11 is 7.09. The van der Waals surface area contributed by atoms with E-state index in [0.29, 0.717) is 0 Å². The van der Waals surface area contributed by atoms with Gasteiger partial charge in [0, 0.05) is 34.9 Å². The van der Waals surface area contributed by atoms with Gasteiger partial charge in [0.15, 0.2) is 0 Å². The molecule has 1 spiro atoms. The number of nitrogens with zero attached hydrogens (tertiary/aromatic N) is 2. The first-order valence-corrected chi connectivity index (χ1v) is 9.66. The van der Waals surface area contributed by atoms with Crippen LogP contribution in [-0.4, -0.2) is 17.7 Å². The van der Waals surface area contributed by atoms with Crippen molar-refractivity contribution < 1.29 is 9.66 Å². The number of halogens is 2. The average molecular weight is 480 g/mol. The molecule has 5 nitrogen and oxygen atoms in total. The first kappa shape index (κ1) is 17.5. The van der Waals surface area contributed by atoms with Crippen molar-refractivity contribution in [3.63, 3.8) is 0 Å². The molecule has 0 saturated carbocycles. The molecule has 134 valence electrons. The zero-order chi connectivity index (χ0) is 18.9. The summed E-state index contributed by atoms with van der Waals surface area (Å²) in [6.45, 7) is 4.11. The molecule has 26 heavy (non-hydrogen) atoms. The number of likely N-dealkylation sites (N-methyl/N-ethyl adjacent to an activating group) is 1. The molecule has 0 radical (unpaired) electrons. The number of nitro benzene ring substituents is 1. The topological polar surface area (TPSA) is 55.6 Å². The summed E-state index contributed by atoms with van der Waals surface area (Å²) in [6.07, 6.45) is 4.09. The van der Waals surface area contributed by atoms with E-state index in [0.717, 1.165) is 31.5 Å². The van der Waals surface area contributed by atoms with E-state index in [4.69, 9.17) is 4.74 Å². The molecule has 2 heterocycles. The van der Waals surface area contributed by atoms with Crippen LogP contribution in [0.25, 0.3) is 6.08 Å². The molecule has 0 aromatic heterocycles. The van der Waals surface area contributed by atoms with Crippen molar-refractivity contribution in [2.45, 2.75) is 25.0 Å². The highest BCUT2D eigenvalue weighted by atomic mass is 79.9. The number of ether oxygens (including phenoxy) is 1. The van der Waals surface area contributed by atoms with Gasteiger partial charge in [-0.1, -0.05) is 15.9 Å². The molecule has 2 aromatic carbocycles. The lowest BCUT2D eigenvalue weighted by molar-refractivity contribution is -0.384. The van der Waals surface area contributed by atoms with Gasteiger partial charge in [-0.2, -0.15) is 0 Å². The van der Waals surface area contributed by atoms with Gasteiger partial charge in [-0.05, 0) is 65.7 Å². The average Bonchev–Trinajstić information content (AvgIpc) is 2.74. The van der Waals surface area contributed by atoms with Gasteiger partial charge in [-0.25, -0.2) is 0 Å². The molecule has 0 bridgehead atoms. The number of nitro groups is 1. The van der Waals surface area contributed by atoms with Gasteiger partial charge in [0.2, 0.25) is 5.72 Å². The Morgan fingerprint density at radius 3 is 2.62 bits per heavy atom. The molecule has 7 heteroatoms. The maximum absolute atomic E-state index is 11.2. The second kappa shape index (κ2) is 5.57. The monoisotopic (exact) mass is 478 g/mol. The highest BCUT2D eigenvalue weighted by Gasteiger charge is 2.58. The van der Waals surface area contributed by atoms with Gasteiger partial charge < -0.3 is 9.64 Å². The molecular weight excluding hydrogens is 464 g/mol. The number of hydrogen-bond acceptors (Lipinski definition) is 4. The molecule has 2 aliphatic rings. The van der Waals surface area contributed by atoms with E-state index in [-0.39, 0.29) is 10.6 Å². The normalized spacial score (nSPS) is 22.1. The summed E-state index contributed by atoms with van der Waals surface area (Å²) in [4.78, 5) is 12.9. The SMILES string of the molecule is CN1c2ccc([N+](=O)[O-])cc2C(C)(C)C12C=Cc1cc(Br)cc(Br)c1O2. The van der Waals surface area contributed by atoms with E-state index in [2.05, 4.69) is 50.6 Å². The van der Waals surface area contributed by atoms with E-state index in [1.807, 2.05) is 31.3 Å². The highest BCUT2D eigenvalue weighted by Crippen LogP contribution is 2.55. The third kappa shape index (κ3) is 2.19. The predicted molar refractivity (Wildman–Crippen MR) is 109 cm³/mol. The van der Waals surface area contributed by atoms with Crippen LogP contribution in [0.1, 0.15) is 25.0 Å². The Morgan fingerprint density at radius 2 is 1.92 bits per heavy atom. The summed E-state index contributed by atoms with van der Waals surface area (Å²) in [5.41, 5.74) is 1.63. The standard InChI is InChI=1S/C19H16Br2N2O3/c1-18(2)14-10-13(23(24)25)4-5-16(14)22(3)19(18)7-6-11-8-12(20)9-15(21)17(11)26-19/h4-10H,1-3H3. The Kier molecular flexibility index (Phi) is 3.76. The summed E-state index contributed by atoms with van der Waals surface area (Å²) < 4.78 is 8.40. The number of benzene rings is 2. The Balaban J connectivity index is 1.90. The van der Waals surface area contributed by atoms with Gasteiger partial charge in [0.1, 0.15) is 5.75 Å². The van der Waals surface area contributed by atoms with E-state index >= 15 is 0 Å². The minimum Gasteiger partial charge on any atom is -0.462 e. The fourth-order valence-electron chi connectivity index (χ4n) is 3.94. The molecule has 4 rings (SSSR count). The maximum Gasteiger partial charge on any atom is 0.269 e. The van der Waals surface area contributed by atoms with Crippen LogP contribution in [0.2, 0.25) is 0 Å². The van der Waals surface area contributed by atoms with Crippen LogP contribution in [0, 0.1) is 10.1 Å². The summed E-state index contributed by atoms with van der Waals surface area (Å²) in [7, 11) is 1.96. The van der Waals surface area contributed by atoms with Crippen LogP contribution in [0.3, 0.4) is 0 Å². The summed E-state index contributed by atoms with van der Waals surface area (Å²) in [5.74, 6) is 0.762. The van der Waals surface area contributed by atoms with Crippen LogP contribution in [0.5, 0.6) is 5.75 Å². The van der Waals surface area contributed by atoms with E-state index in [1.54, 1.807) is 12.1 Å². The lowest BCUT2D eigenvalue weighted by atomic mass is 9.76. The van der Waals surface area contributed by atoms with Crippen LogP contribution >= 0.6 is 31.9 Å². The molecular formula is C19H16Br2N2O3. The number of fused-ring (bicyclic) bond motifs is 2. The Bertz CT molecular complexity index is 987. The van der Waals surface area contributed by atoms with Crippen molar-refractivity contribution in [3.8, 4) is 5.75 Å². The Morgan fingerprint density at radius 1 is 1.19 bits per heavy atom. The smallest absolute Gasteiger partial charge is 0.269 e. The molecule has 2 aliphatic heterocycles. The van der Waals surface area contributed by atoms with Crippen molar-refractivity contribution in [1.82, 2.24) is 0 Å². The van der Waals surface area contributed by atoms with Gasteiger partial charge in [-0.3, -0.25) is 10.1 Å². The number of rotatable bonds is 1. The molecule has 0 fully saturated rings. The molecule has 1 unspecified atom stereocenters. The first-order chi connectivity index (χ1) is 12.2. The third-order valence-electron chi connectivity index (χ3n) is 5.40. The fourth-order valence-corrected chi connectivity index (χ4v) is 5.28. The highest BCUT2D eigenvalue weighted by molar-refractivity contribution is 9.11. The third-order valence-corrected chi connectivity index (χ3v) is 6.45. The fraction of sp³-hybridized carbons (Fsp3) is 0.263. The second-order valence-corrected chi connectivity index (χ2v) is 8.85. The van der Waals surface area contributed by atoms with E-state index in [9.17, 15) is 10.1 Å². The Labute approximate surface area is 168 Å². The minimum absolute atomic E-state index is 0.0903. The van der Waals surface area contributed by atoms with Gasteiger partial charge in [-0.15, -0.1) is 0 Å². The second-order valence-electron chi connectivity index (χ2n) is 7.08. The molecule has 0 saturated heterocycles. The lowest BCUT2D eigenvalue weighted by Crippen LogP contribution is -2.58. The van der Waals surface area contributed by atoms with Gasteiger partial charge >= 0.3 is 0 Å². The van der Waals surface area contributed by atoms with Crippen LogP contribution in [-0.2, 0) is 5.41 Å². The predicted octanol–water partition coefficient (Wildman–Crippen LogP) is 5.65. The molecule has 0 aliphatic carbocycles. The molecule has 1 atom stereocenters. The molecule has 2 aromatic rings. The van der Waals surface area contributed by atoms with Crippen molar-refractivity contribution in [3.05, 3.63) is 66.6 Å². The van der Waals surface area contributed by atoms with E-state index < -0.39 is 11.1 Å². The van der Waals surface area contributed by atoms with Crippen LogP contribution in [0.15, 0.2) is 45.4 Å². The van der Waals surface area contributed by atoms with Crippen molar-refractivity contribution in [2.75, 3.05) is 11.9 Å². The zero-order valence-electron chi connectivity index (χ0n) is 14.4. The summed E-state index contributed by atoms with van der Waals surface area (Å²) in [5, 5.41) is 11.2. The van der Waals surface area contributed by atoms with Crippen molar-refractivity contribution in [2.24, 2.45) is 0 Å². The maximum atomic E-state index is 11.2. The summed E-state index contributed by atoms with van der Waals surface area (Å²) in [6, 6.07) is 8.95. The number of anilines is 1. The number of non-ortho nitro benzene ring substituents is 1. The van der Waals surface area contributed by atoms with Crippen LogP contribution < -0.4 is 9.64 Å². The molecule has 0 amide bonds. The van der Waals surface area contributed by atoms with Crippen LogP contribution in [0.4, 0.5) is 11.4 Å². The van der Waals surface area contributed by atoms with Crippen molar-refractivity contribution >= 4 is 49.3 Å². The largest absolute Gasteiger partial charge is 0.462 e. The van der Waals surface area contributed by atoms with E-state index in [1.165, 1.54) is 6.07 Å². The quantitative estimate of drug-likeness (QED) is 0.391. The van der Waals surface area contributed by atoms with Gasteiger partial charge in [0.05, 0.1) is 14.8 Å². The molecule has 0 N–H and O–H groups in total. The minimum atomic E-state index is -0.770. The number of hydrogen-bond donors (Lipinski definition) is 0. The zero-order valence-corrected chi connectivity index (χ0v) is 17.6. The first-order valence-electron chi connectivity index (χ1n) is 8.07. The lowest BCUT2D eigenvalue weighted by Gasteiger charge is -2.46. The van der Waals surface area contributed by atoms with Gasteiger partial charge in [0.25, 0.3) is 5.69 Å². The Hall–Kier alpha value is -1.86. The van der Waals surface area contributed by atoms with Crippen molar-refractivity contribution in [1.29, 1.82) is 0 Å².